The second kappa shape index (κ2) is 13.0. The van der Waals surface area contributed by atoms with Crippen molar-refractivity contribution in [2.75, 3.05) is 0 Å². The van der Waals surface area contributed by atoms with Crippen molar-refractivity contribution in [3.05, 3.63) is 71.3 Å². The van der Waals surface area contributed by atoms with Crippen molar-refractivity contribution in [1.29, 1.82) is 0 Å². The minimum absolute atomic E-state index is 0.972. The van der Waals surface area contributed by atoms with Gasteiger partial charge in [-0.25, -0.2) is 0 Å². The van der Waals surface area contributed by atoms with Crippen LogP contribution in [0.3, 0.4) is 0 Å². The van der Waals surface area contributed by atoms with Gasteiger partial charge in [-0.2, -0.15) is 0 Å². The van der Waals surface area contributed by atoms with Gasteiger partial charge in [0.1, 0.15) is 0 Å². The fraction of sp³-hybridized carbons (Fsp3) is 0.333. The van der Waals surface area contributed by atoms with Crippen molar-refractivity contribution in [2.24, 2.45) is 0 Å². The fourth-order valence-corrected chi connectivity index (χ4v) is 1.59. The largest absolute Gasteiger partial charge is 0.115 e. The molecule has 21 heavy (non-hydrogen) atoms. The lowest BCUT2D eigenvalue weighted by atomic mass is 10.1. The summed E-state index contributed by atoms with van der Waals surface area (Å²) < 4.78 is 0. The van der Waals surface area contributed by atoms with Crippen LogP contribution in [0.25, 0.3) is 0 Å². The number of rotatable bonds is 2. The molecule has 0 heterocycles. The first-order valence-electron chi connectivity index (χ1n) is 7.81. The molecule has 0 bridgehead atoms. The molecule has 0 aromatic heterocycles. The highest BCUT2D eigenvalue weighted by atomic mass is 13.9. The fourth-order valence-electron chi connectivity index (χ4n) is 1.59. The van der Waals surface area contributed by atoms with E-state index in [-0.39, 0.29) is 0 Å². The van der Waals surface area contributed by atoms with E-state index in [1.807, 2.05) is 24.3 Å². The predicted octanol–water partition coefficient (Wildman–Crippen LogP) is 5.90. The maximum Gasteiger partial charge on any atom is 0.0245 e. The van der Waals surface area contributed by atoms with Gasteiger partial charge in [-0.15, -0.1) is 6.42 Å². The third-order valence-corrected chi connectivity index (χ3v) is 2.75. The molecule has 0 unspecified atom stereocenters. The molecule has 0 saturated heterocycles. The molecule has 0 aliphatic heterocycles. The first kappa shape index (κ1) is 19.0. The Balaban J connectivity index is 0.000000327. The summed E-state index contributed by atoms with van der Waals surface area (Å²) in [6.45, 7) is 8.53. The van der Waals surface area contributed by atoms with Gasteiger partial charge in [-0.1, -0.05) is 82.5 Å². The minimum Gasteiger partial charge on any atom is -0.115 e. The van der Waals surface area contributed by atoms with Crippen molar-refractivity contribution < 1.29 is 0 Å². The highest BCUT2D eigenvalue weighted by Crippen LogP contribution is 2.03. The molecule has 0 fully saturated rings. The van der Waals surface area contributed by atoms with Crippen LogP contribution in [0.1, 0.15) is 50.8 Å². The SMILES string of the molecule is C#Cc1cccc(CC)c1.CCC.CCc1ccccc1. The van der Waals surface area contributed by atoms with Crippen LogP contribution >= 0.6 is 0 Å². The van der Waals surface area contributed by atoms with Crippen LogP contribution in [0.2, 0.25) is 0 Å². The van der Waals surface area contributed by atoms with E-state index in [4.69, 9.17) is 6.42 Å². The lowest BCUT2D eigenvalue weighted by molar-refractivity contribution is 1.09. The van der Waals surface area contributed by atoms with Gasteiger partial charge < -0.3 is 0 Å². The summed E-state index contributed by atoms with van der Waals surface area (Å²) in [5.41, 5.74) is 3.68. The molecule has 0 saturated carbocycles. The quantitative estimate of drug-likeness (QED) is 0.601. The van der Waals surface area contributed by atoms with Crippen molar-refractivity contribution >= 4 is 0 Å². The molecule has 0 atom stereocenters. The smallest absolute Gasteiger partial charge is 0.0245 e. The highest BCUT2D eigenvalue weighted by Gasteiger charge is 1.88. The van der Waals surface area contributed by atoms with Gasteiger partial charge in [0, 0.05) is 5.56 Å². The first-order valence-corrected chi connectivity index (χ1v) is 7.81. The highest BCUT2D eigenvalue weighted by molar-refractivity contribution is 5.35. The van der Waals surface area contributed by atoms with E-state index in [1.165, 1.54) is 17.5 Å². The zero-order chi connectivity index (χ0) is 15.9. The predicted molar refractivity (Wildman–Crippen MR) is 95.5 cm³/mol. The molecule has 2 aromatic carbocycles. The summed E-state index contributed by atoms with van der Waals surface area (Å²) in [4.78, 5) is 0. The number of aryl methyl sites for hydroxylation is 2. The Hall–Kier alpha value is -2.00. The molecular formula is C21H28. The molecule has 0 aliphatic carbocycles. The van der Waals surface area contributed by atoms with Crippen LogP contribution in [0, 0.1) is 12.3 Å². The van der Waals surface area contributed by atoms with E-state index in [0.717, 1.165) is 18.4 Å². The van der Waals surface area contributed by atoms with Gasteiger partial charge in [0.15, 0.2) is 0 Å². The topological polar surface area (TPSA) is 0 Å². The van der Waals surface area contributed by atoms with Crippen molar-refractivity contribution in [3.8, 4) is 12.3 Å². The number of hydrogen-bond donors (Lipinski definition) is 0. The Morgan fingerprint density at radius 1 is 0.762 bits per heavy atom. The average Bonchev–Trinajstić information content (AvgIpc) is 2.57. The zero-order valence-corrected chi connectivity index (χ0v) is 13.9. The van der Waals surface area contributed by atoms with Gasteiger partial charge in [0.05, 0.1) is 0 Å². The van der Waals surface area contributed by atoms with Crippen molar-refractivity contribution in [2.45, 2.75) is 47.0 Å². The van der Waals surface area contributed by atoms with E-state index < -0.39 is 0 Å². The van der Waals surface area contributed by atoms with Crippen LogP contribution in [-0.4, -0.2) is 0 Å². The normalized spacial score (nSPS) is 8.52. The van der Waals surface area contributed by atoms with Gasteiger partial charge >= 0.3 is 0 Å². The second-order valence-corrected chi connectivity index (χ2v) is 4.74. The van der Waals surface area contributed by atoms with E-state index in [9.17, 15) is 0 Å². The van der Waals surface area contributed by atoms with Gasteiger partial charge in [-0.3, -0.25) is 0 Å². The third-order valence-electron chi connectivity index (χ3n) is 2.75. The maximum absolute atomic E-state index is 5.22. The maximum atomic E-state index is 5.22. The summed E-state index contributed by atoms with van der Waals surface area (Å²) in [5.74, 6) is 2.60. The molecule has 0 aliphatic rings. The average molecular weight is 280 g/mol. The van der Waals surface area contributed by atoms with Gasteiger partial charge in [0.25, 0.3) is 0 Å². The molecule has 112 valence electrons. The standard InChI is InChI=1S/C10H10.C8H10.C3H8/c1-3-9-6-5-7-10(4-2)8-9;1-2-8-6-4-3-5-7-8;1-3-2/h1,5-8H,4H2,2H3;3-7H,2H2,1H3;3H2,1-2H3. The van der Waals surface area contributed by atoms with Crippen LogP contribution in [0.5, 0.6) is 0 Å². The number of hydrogen-bond acceptors (Lipinski definition) is 0. The summed E-state index contributed by atoms with van der Waals surface area (Å²) in [5, 5.41) is 0. The Labute approximate surface area is 131 Å². The molecular weight excluding hydrogens is 252 g/mol. The summed E-state index contributed by atoms with van der Waals surface area (Å²) >= 11 is 0. The number of benzene rings is 2. The summed E-state index contributed by atoms with van der Waals surface area (Å²) in [6, 6.07) is 18.5. The molecule has 0 radical (unpaired) electrons. The molecule has 0 amide bonds. The Morgan fingerprint density at radius 2 is 1.29 bits per heavy atom. The second-order valence-electron chi connectivity index (χ2n) is 4.74. The summed E-state index contributed by atoms with van der Waals surface area (Å²) in [7, 11) is 0. The van der Waals surface area contributed by atoms with Gasteiger partial charge in [-0.05, 0) is 36.1 Å². The summed E-state index contributed by atoms with van der Waals surface area (Å²) in [6.07, 6.45) is 8.66. The third kappa shape index (κ3) is 9.52. The van der Waals surface area contributed by atoms with Gasteiger partial charge in [0.2, 0.25) is 0 Å². The molecule has 0 heteroatoms. The lowest BCUT2D eigenvalue weighted by Crippen LogP contribution is -1.80. The lowest BCUT2D eigenvalue weighted by Gasteiger charge is -1.94. The molecule has 0 spiro atoms. The molecule has 2 aromatic rings. The van der Waals surface area contributed by atoms with E-state index in [2.05, 4.69) is 63.9 Å². The monoisotopic (exact) mass is 280 g/mol. The van der Waals surface area contributed by atoms with E-state index in [1.54, 1.807) is 0 Å². The van der Waals surface area contributed by atoms with Crippen LogP contribution in [0.15, 0.2) is 54.6 Å². The van der Waals surface area contributed by atoms with Crippen LogP contribution in [-0.2, 0) is 12.8 Å². The van der Waals surface area contributed by atoms with Crippen molar-refractivity contribution in [3.63, 3.8) is 0 Å². The van der Waals surface area contributed by atoms with E-state index >= 15 is 0 Å². The molecule has 0 nitrogen and oxygen atoms in total. The number of terminal acetylenes is 1. The van der Waals surface area contributed by atoms with Crippen LogP contribution < -0.4 is 0 Å². The zero-order valence-electron chi connectivity index (χ0n) is 13.9. The molecule has 0 N–H and O–H groups in total. The molecule has 2 rings (SSSR count). The minimum atomic E-state index is 0.972. The first-order chi connectivity index (χ1) is 10.2. The Morgan fingerprint density at radius 3 is 1.71 bits per heavy atom. The Bertz CT molecular complexity index is 503. The Kier molecular flexibility index (Phi) is 11.8. The van der Waals surface area contributed by atoms with E-state index in [0.29, 0.717) is 0 Å². The van der Waals surface area contributed by atoms with Crippen LogP contribution in [0.4, 0.5) is 0 Å². The van der Waals surface area contributed by atoms with Crippen molar-refractivity contribution in [1.82, 2.24) is 0 Å².